The van der Waals surface area contributed by atoms with Gasteiger partial charge in [-0.1, -0.05) is 0 Å². The van der Waals surface area contributed by atoms with Crippen LogP contribution in [-0.2, 0) is 9.47 Å². The maximum Gasteiger partial charge on any atom is 0.178 e. The van der Waals surface area contributed by atoms with E-state index in [1.54, 1.807) is 0 Å². The van der Waals surface area contributed by atoms with E-state index in [1.807, 2.05) is 6.92 Å². The van der Waals surface area contributed by atoms with Crippen molar-refractivity contribution in [3.8, 4) is 0 Å². The summed E-state index contributed by atoms with van der Waals surface area (Å²) in [6, 6.07) is 0.740. The Morgan fingerprint density at radius 2 is 2.07 bits per heavy atom. The molecule has 3 nitrogen and oxygen atoms in total. The molecule has 1 saturated heterocycles. The Balaban J connectivity index is 1.49. The minimum Gasteiger partial charge on any atom is -0.347 e. The van der Waals surface area contributed by atoms with E-state index in [2.05, 4.69) is 5.32 Å². The Morgan fingerprint density at radius 1 is 1.29 bits per heavy atom. The monoisotopic (exact) mass is 197 g/mol. The van der Waals surface area contributed by atoms with Crippen molar-refractivity contribution in [1.29, 1.82) is 0 Å². The Morgan fingerprint density at radius 3 is 2.64 bits per heavy atom. The van der Waals surface area contributed by atoms with E-state index in [-0.39, 0.29) is 5.79 Å². The van der Waals surface area contributed by atoms with Gasteiger partial charge in [-0.15, -0.1) is 0 Å². The van der Waals surface area contributed by atoms with E-state index in [4.69, 9.17) is 9.47 Å². The Bertz CT molecular complexity index is 225. The van der Waals surface area contributed by atoms with E-state index >= 15 is 0 Å². The topological polar surface area (TPSA) is 30.5 Å². The van der Waals surface area contributed by atoms with Crippen molar-refractivity contribution in [2.24, 2.45) is 11.8 Å². The largest absolute Gasteiger partial charge is 0.347 e. The summed E-state index contributed by atoms with van der Waals surface area (Å²) in [5, 5.41) is 3.61. The highest BCUT2D eigenvalue weighted by Crippen LogP contribution is 2.51. The van der Waals surface area contributed by atoms with Crippen LogP contribution in [0.5, 0.6) is 0 Å². The van der Waals surface area contributed by atoms with Gasteiger partial charge in [-0.3, -0.25) is 0 Å². The average Bonchev–Trinajstić information content (AvgIpc) is 2.66. The van der Waals surface area contributed by atoms with Crippen LogP contribution in [0.25, 0.3) is 0 Å². The fraction of sp³-hybridized carbons (Fsp3) is 1.00. The SMILES string of the molecule is CC1(CNC2CC[C@H]3C[C@@H]23)OCCO1. The van der Waals surface area contributed by atoms with Gasteiger partial charge in [0.25, 0.3) is 0 Å². The number of rotatable bonds is 3. The average molecular weight is 197 g/mol. The van der Waals surface area contributed by atoms with Crippen LogP contribution in [0.1, 0.15) is 26.2 Å². The molecule has 3 atom stereocenters. The molecule has 0 spiro atoms. The highest BCUT2D eigenvalue weighted by molar-refractivity contribution is 5.01. The van der Waals surface area contributed by atoms with Gasteiger partial charge in [-0.2, -0.15) is 0 Å². The van der Waals surface area contributed by atoms with Gasteiger partial charge in [0.15, 0.2) is 5.79 Å². The van der Waals surface area contributed by atoms with Gasteiger partial charge in [0.2, 0.25) is 0 Å². The highest BCUT2D eigenvalue weighted by Gasteiger charge is 2.48. The van der Waals surface area contributed by atoms with Crippen LogP contribution in [0.2, 0.25) is 0 Å². The molecule has 1 N–H and O–H groups in total. The Labute approximate surface area is 85.1 Å². The predicted molar refractivity (Wildman–Crippen MR) is 52.9 cm³/mol. The molecular weight excluding hydrogens is 178 g/mol. The first-order valence-electron chi connectivity index (χ1n) is 5.78. The van der Waals surface area contributed by atoms with Gasteiger partial charge in [0.1, 0.15) is 0 Å². The Kier molecular flexibility index (Phi) is 2.08. The van der Waals surface area contributed by atoms with Crippen molar-refractivity contribution >= 4 is 0 Å². The van der Waals surface area contributed by atoms with Crippen LogP contribution < -0.4 is 5.32 Å². The second-order valence-corrected chi connectivity index (χ2v) is 5.06. The lowest BCUT2D eigenvalue weighted by molar-refractivity contribution is -0.139. The maximum atomic E-state index is 5.56. The molecule has 3 aliphatic rings. The Hall–Kier alpha value is -0.120. The molecule has 2 aliphatic carbocycles. The molecule has 1 unspecified atom stereocenters. The van der Waals surface area contributed by atoms with Crippen molar-refractivity contribution in [3.05, 3.63) is 0 Å². The lowest BCUT2D eigenvalue weighted by Gasteiger charge is -2.25. The minimum absolute atomic E-state index is 0.354. The van der Waals surface area contributed by atoms with Crippen LogP contribution >= 0.6 is 0 Å². The summed E-state index contributed by atoms with van der Waals surface area (Å²) in [6.07, 6.45) is 4.24. The summed E-state index contributed by atoms with van der Waals surface area (Å²) in [4.78, 5) is 0. The zero-order valence-corrected chi connectivity index (χ0v) is 8.79. The molecule has 14 heavy (non-hydrogen) atoms. The second-order valence-electron chi connectivity index (χ2n) is 5.06. The van der Waals surface area contributed by atoms with Crippen molar-refractivity contribution < 1.29 is 9.47 Å². The standard InChI is InChI=1S/C11H19NO2/c1-11(13-4-5-14-11)7-12-10-3-2-8-6-9(8)10/h8-10,12H,2-7H2,1H3/t8-,9+,10?/m0/s1. The molecule has 1 aliphatic heterocycles. The first-order valence-corrected chi connectivity index (χ1v) is 5.78. The predicted octanol–water partition coefficient (Wildman–Crippen LogP) is 1.14. The molecule has 0 aromatic carbocycles. The lowest BCUT2D eigenvalue weighted by Crippen LogP contribution is -2.43. The van der Waals surface area contributed by atoms with Crippen LogP contribution in [0.3, 0.4) is 0 Å². The van der Waals surface area contributed by atoms with E-state index in [0.29, 0.717) is 0 Å². The molecule has 3 rings (SSSR count). The van der Waals surface area contributed by atoms with E-state index in [1.165, 1.54) is 19.3 Å². The van der Waals surface area contributed by atoms with Gasteiger partial charge in [-0.05, 0) is 38.0 Å². The quantitative estimate of drug-likeness (QED) is 0.736. The fourth-order valence-corrected chi connectivity index (χ4v) is 2.93. The lowest BCUT2D eigenvalue weighted by atomic mass is 10.1. The van der Waals surface area contributed by atoms with Crippen LogP contribution in [0.15, 0.2) is 0 Å². The number of fused-ring (bicyclic) bond motifs is 1. The molecule has 0 radical (unpaired) electrons. The third-order valence-corrected chi connectivity index (χ3v) is 3.93. The smallest absolute Gasteiger partial charge is 0.178 e. The van der Waals surface area contributed by atoms with Gasteiger partial charge >= 0.3 is 0 Å². The van der Waals surface area contributed by atoms with Crippen LogP contribution in [-0.4, -0.2) is 31.6 Å². The summed E-state index contributed by atoms with van der Waals surface area (Å²) in [7, 11) is 0. The van der Waals surface area contributed by atoms with Crippen molar-refractivity contribution in [1.82, 2.24) is 5.32 Å². The molecule has 3 heteroatoms. The molecule has 80 valence electrons. The van der Waals surface area contributed by atoms with Gasteiger partial charge in [-0.25, -0.2) is 0 Å². The van der Waals surface area contributed by atoms with Crippen molar-refractivity contribution in [2.75, 3.05) is 19.8 Å². The summed E-state index contributed by atoms with van der Waals surface area (Å²) in [5.41, 5.74) is 0. The van der Waals surface area contributed by atoms with E-state index in [9.17, 15) is 0 Å². The third-order valence-electron chi connectivity index (χ3n) is 3.93. The molecule has 0 aromatic heterocycles. The molecule has 0 bridgehead atoms. The minimum atomic E-state index is -0.354. The van der Waals surface area contributed by atoms with E-state index < -0.39 is 0 Å². The summed E-state index contributed by atoms with van der Waals surface area (Å²) in [6.45, 7) is 4.37. The van der Waals surface area contributed by atoms with Gasteiger partial charge in [0, 0.05) is 12.6 Å². The first kappa shape index (κ1) is 9.13. The summed E-state index contributed by atoms with van der Waals surface area (Å²) < 4.78 is 11.1. The maximum absolute atomic E-state index is 5.56. The van der Waals surface area contributed by atoms with Gasteiger partial charge in [0.05, 0.1) is 13.2 Å². The molecule has 0 aromatic rings. The van der Waals surface area contributed by atoms with Crippen molar-refractivity contribution in [3.63, 3.8) is 0 Å². The zero-order valence-electron chi connectivity index (χ0n) is 8.79. The molecule has 0 amide bonds. The fourth-order valence-electron chi connectivity index (χ4n) is 2.93. The second kappa shape index (κ2) is 3.19. The third kappa shape index (κ3) is 1.58. The summed E-state index contributed by atoms with van der Waals surface area (Å²) >= 11 is 0. The molecule has 3 fully saturated rings. The van der Waals surface area contributed by atoms with Crippen molar-refractivity contribution in [2.45, 2.75) is 38.0 Å². The van der Waals surface area contributed by atoms with Crippen LogP contribution in [0.4, 0.5) is 0 Å². The number of hydrogen-bond acceptors (Lipinski definition) is 3. The molecular formula is C11H19NO2. The number of nitrogens with one attached hydrogen (secondary N) is 1. The first-order chi connectivity index (χ1) is 6.77. The number of ether oxygens (including phenoxy) is 2. The normalized spacial score (nSPS) is 43.9. The zero-order chi connectivity index (χ0) is 9.60. The van der Waals surface area contributed by atoms with E-state index in [0.717, 1.165) is 37.6 Å². The molecule has 1 heterocycles. The summed E-state index contributed by atoms with van der Waals surface area (Å²) in [5.74, 6) is 1.66. The molecule has 2 saturated carbocycles. The van der Waals surface area contributed by atoms with Crippen LogP contribution in [0, 0.1) is 11.8 Å². The van der Waals surface area contributed by atoms with Gasteiger partial charge < -0.3 is 14.8 Å². The number of hydrogen-bond donors (Lipinski definition) is 1. The highest BCUT2D eigenvalue weighted by atomic mass is 16.7.